The monoisotopic (exact) mass is 180 g/mol. The predicted molar refractivity (Wildman–Crippen MR) is 52.2 cm³/mol. The van der Waals surface area contributed by atoms with E-state index in [9.17, 15) is 0 Å². The maximum Gasteiger partial charge on any atom is -0.00398 e. The Hall–Kier alpha value is 0.720. The standard InChI is InChI=1S/C8H18ClP/c1-7(2)6-10(9)8(3,4)5/h7H,6H2,1-5H3. The lowest BCUT2D eigenvalue weighted by molar-refractivity contribution is 0.721. The van der Waals surface area contributed by atoms with Crippen LogP contribution in [0.3, 0.4) is 0 Å². The Morgan fingerprint density at radius 1 is 1.30 bits per heavy atom. The molecule has 0 aliphatic carbocycles. The van der Waals surface area contributed by atoms with Gasteiger partial charge in [0.1, 0.15) is 0 Å². The maximum atomic E-state index is 6.22. The van der Waals surface area contributed by atoms with Gasteiger partial charge in [-0.2, -0.15) is 0 Å². The van der Waals surface area contributed by atoms with E-state index in [1.54, 1.807) is 0 Å². The van der Waals surface area contributed by atoms with Gasteiger partial charge in [0.15, 0.2) is 0 Å². The van der Waals surface area contributed by atoms with Crippen LogP contribution in [0.5, 0.6) is 0 Å². The summed E-state index contributed by atoms with van der Waals surface area (Å²) in [5, 5.41) is 0.321. The molecule has 0 aromatic carbocycles. The largest absolute Gasteiger partial charge is 0.0959 e. The molecule has 0 fully saturated rings. The summed E-state index contributed by atoms with van der Waals surface area (Å²) in [6, 6.07) is 0. The molecule has 1 unspecified atom stereocenters. The average Bonchev–Trinajstić information content (AvgIpc) is 1.60. The van der Waals surface area contributed by atoms with E-state index in [1.165, 1.54) is 6.16 Å². The Morgan fingerprint density at radius 3 is 1.80 bits per heavy atom. The fourth-order valence-electron chi connectivity index (χ4n) is 0.594. The van der Waals surface area contributed by atoms with E-state index in [2.05, 4.69) is 34.6 Å². The molecule has 0 saturated heterocycles. The van der Waals surface area contributed by atoms with E-state index >= 15 is 0 Å². The minimum absolute atomic E-state index is 0.289. The van der Waals surface area contributed by atoms with Crippen molar-refractivity contribution in [3.8, 4) is 0 Å². The zero-order valence-electron chi connectivity index (χ0n) is 7.61. The van der Waals surface area contributed by atoms with Gasteiger partial charge in [-0.1, -0.05) is 45.9 Å². The van der Waals surface area contributed by atoms with Gasteiger partial charge >= 0.3 is 0 Å². The van der Waals surface area contributed by atoms with Gasteiger partial charge in [0.2, 0.25) is 0 Å². The van der Waals surface area contributed by atoms with Crippen LogP contribution in [0.1, 0.15) is 34.6 Å². The lowest BCUT2D eigenvalue weighted by Crippen LogP contribution is -2.12. The van der Waals surface area contributed by atoms with Crippen LogP contribution in [0.15, 0.2) is 0 Å². The quantitative estimate of drug-likeness (QED) is 0.562. The SMILES string of the molecule is CC(C)CP(Cl)C(C)(C)C. The Bertz CT molecular complexity index is 93.9. The Kier molecular flexibility index (Phi) is 4.21. The highest BCUT2D eigenvalue weighted by Crippen LogP contribution is 2.54. The second-order valence-corrected chi connectivity index (χ2v) is 7.76. The summed E-state index contributed by atoms with van der Waals surface area (Å²) < 4.78 is 0. The van der Waals surface area contributed by atoms with Gasteiger partial charge in [-0.3, -0.25) is 0 Å². The van der Waals surface area contributed by atoms with Gasteiger partial charge in [-0.15, -0.1) is 0 Å². The fraction of sp³-hybridized carbons (Fsp3) is 1.00. The summed E-state index contributed by atoms with van der Waals surface area (Å²) in [7, 11) is -0.289. The smallest absolute Gasteiger partial charge is 0.00398 e. The molecule has 0 saturated carbocycles. The van der Waals surface area contributed by atoms with Crippen LogP contribution >= 0.6 is 18.5 Å². The Labute approximate surface area is 70.9 Å². The maximum absolute atomic E-state index is 6.22. The van der Waals surface area contributed by atoms with Crippen molar-refractivity contribution in [2.24, 2.45) is 5.92 Å². The van der Waals surface area contributed by atoms with Crippen molar-refractivity contribution in [1.29, 1.82) is 0 Å². The molecule has 62 valence electrons. The first-order chi connectivity index (χ1) is 4.34. The van der Waals surface area contributed by atoms with Gasteiger partial charge < -0.3 is 0 Å². The third-order valence-electron chi connectivity index (χ3n) is 1.25. The predicted octanol–water partition coefficient (Wildman–Crippen LogP) is 4.08. The number of hydrogen-bond donors (Lipinski definition) is 0. The third-order valence-corrected chi connectivity index (χ3v) is 5.70. The summed E-state index contributed by atoms with van der Waals surface area (Å²) in [6.07, 6.45) is 1.18. The second kappa shape index (κ2) is 3.93. The molecule has 0 heterocycles. The molecule has 0 N–H and O–H groups in total. The van der Waals surface area contributed by atoms with Gasteiger partial charge in [-0.25, -0.2) is 0 Å². The van der Waals surface area contributed by atoms with Crippen molar-refractivity contribution in [2.45, 2.75) is 39.8 Å². The molecule has 10 heavy (non-hydrogen) atoms. The van der Waals surface area contributed by atoms with Crippen LogP contribution in [-0.4, -0.2) is 11.3 Å². The second-order valence-electron chi connectivity index (χ2n) is 4.11. The Morgan fingerprint density at radius 2 is 1.70 bits per heavy atom. The molecule has 0 aromatic heterocycles. The molecule has 0 aromatic rings. The lowest BCUT2D eigenvalue weighted by Gasteiger charge is -2.26. The van der Waals surface area contributed by atoms with Crippen molar-refractivity contribution in [1.82, 2.24) is 0 Å². The molecular weight excluding hydrogens is 163 g/mol. The summed E-state index contributed by atoms with van der Waals surface area (Å²) in [5.41, 5.74) is 0. The van der Waals surface area contributed by atoms with Gasteiger partial charge in [0.05, 0.1) is 0 Å². The highest BCUT2D eigenvalue weighted by Gasteiger charge is 2.22. The van der Waals surface area contributed by atoms with Gasteiger partial charge in [-0.05, 0) is 24.5 Å². The zero-order chi connectivity index (χ0) is 8.36. The number of hydrogen-bond acceptors (Lipinski definition) is 0. The summed E-state index contributed by atoms with van der Waals surface area (Å²) in [5.74, 6) is 0.739. The number of halogens is 1. The zero-order valence-corrected chi connectivity index (χ0v) is 9.26. The van der Waals surface area contributed by atoms with E-state index in [0.717, 1.165) is 5.92 Å². The van der Waals surface area contributed by atoms with Crippen LogP contribution in [0.2, 0.25) is 0 Å². The van der Waals surface area contributed by atoms with Gasteiger partial charge in [0, 0.05) is 0 Å². The molecule has 0 radical (unpaired) electrons. The highest BCUT2D eigenvalue weighted by atomic mass is 35.7. The van der Waals surface area contributed by atoms with E-state index in [0.29, 0.717) is 5.16 Å². The first-order valence-corrected chi connectivity index (χ1v) is 6.20. The first-order valence-electron chi connectivity index (χ1n) is 3.77. The molecule has 0 rings (SSSR count). The normalized spacial score (nSPS) is 15.9. The summed E-state index contributed by atoms with van der Waals surface area (Å²) in [4.78, 5) is 0. The van der Waals surface area contributed by atoms with Crippen molar-refractivity contribution < 1.29 is 0 Å². The molecule has 0 amide bonds. The lowest BCUT2D eigenvalue weighted by atomic mass is 10.2. The minimum Gasteiger partial charge on any atom is -0.0959 e. The van der Waals surface area contributed by atoms with Crippen LogP contribution in [0, 0.1) is 5.92 Å². The van der Waals surface area contributed by atoms with Crippen molar-refractivity contribution >= 4 is 18.5 Å². The first kappa shape index (κ1) is 10.7. The third kappa shape index (κ3) is 4.52. The van der Waals surface area contributed by atoms with Crippen LogP contribution < -0.4 is 0 Å². The summed E-state index contributed by atoms with van der Waals surface area (Å²) >= 11 is 6.22. The van der Waals surface area contributed by atoms with Crippen molar-refractivity contribution in [2.75, 3.05) is 6.16 Å². The number of rotatable bonds is 2. The molecule has 1 atom stereocenters. The van der Waals surface area contributed by atoms with Crippen molar-refractivity contribution in [3.05, 3.63) is 0 Å². The van der Waals surface area contributed by atoms with Crippen LogP contribution in [-0.2, 0) is 0 Å². The minimum atomic E-state index is -0.289. The van der Waals surface area contributed by atoms with Gasteiger partial charge in [0.25, 0.3) is 0 Å². The van der Waals surface area contributed by atoms with E-state index in [1.807, 2.05) is 0 Å². The van der Waals surface area contributed by atoms with E-state index in [4.69, 9.17) is 11.2 Å². The van der Waals surface area contributed by atoms with E-state index in [-0.39, 0.29) is 7.27 Å². The molecule has 0 aliphatic rings. The Balaban J connectivity index is 3.73. The topological polar surface area (TPSA) is 0 Å². The average molecular weight is 181 g/mol. The van der Waals surface area contributed by atoms with Crippen LogP contribution in [0.25, 0.3) is 0 Å². The van der Waals surface area contributed by atoms with Crippen molar-refractivity contribution in [3.63, 3.8) is 0 Å². The van der Waals surface area contributed by atoms with E-state index < -0.39 is 0 Å². The molecule has 0 spiro atoms. The van der Waals surface area contributed by atoms with Crippen LogP contribution in [0.4, 0.5) is 0 Å². The molecule has 2 heteroatoms. The highest BCUT2D eigenvalue weighted by molar-refractivity contribution is 7.85. The summed E-state index contributed by atoms with van der Waals surface area (Å²) in [6.45, 7) is 11.1. The molecule has 0 aliphatic heterocycles. The molecule has 0 nitrogen and oxygen atoms in total. The fourth-order valence-corrected chi connectivity index (χ4v) is 2.61. The molecular formula is C8H18ClP. The molecule has 0 bridgehead atoms.